The fourth-order valence-electron chi connectivity index (χ4n) is 2.15. The Bertz CT molecular complexity index is 364. The molecule has 0 saturated carbocycles. The van der Waals surface area contributed by atoms with Gasteiger partial charge in [0.2, 0.25) is 0 Å². The van der Waals surface area contributed by atoms with E-state index in [1.54, 1.807) is 0 Å². The summed E-state index contributed by atoms with van der Waals surface area (Å²) >= 11 is 0. The van der Waals surface area contributed by atoms with Crippen LogP contribution in [0.4, 0.5) is 0 Å². The highest BCUT2D eigenvalue weighted by Crippen LogP contribution is 2.08. The van der Waals surface area contributed by atoms with Crippen LogP contribution >= 0.6 is 0 Å². The van der Waals surface area contributed by atoms with Crippen molar-refractivity contribution in [1.29, 1.82) is 0 Å². The Balaban J connectivity index is 2.29. The van der Waals surface area contributed by atoms with E-state index in [1.165, 1.54) is 12.1 Å². The van der Waals surface area contributed by atoms with Crippen LogP contribution in [0.1, 0.15) is 6.92 Å². The second-order valence-corrected chi connectivity index (χ2v) is 28.3. The lowest BCUT2D eigenvalue weighted by Gasteiger charge is -2.33. The second-order valence-electron chi connectivity index (χ2n) is 4.11. The average molecular weight is 285 g/mol. The van der Waals surface area contributed by atoms with Crippen molar-refractivity contribution in [1.82, 2.24) is 0 Å². The Morgan fingerprint density at radius 2 is 2.19 bits per heavy atom. The highest BCUT2D eigenvalue weighted by atomic mass is 29.7. The molecule has 0 bridgehead atoms. The summed E-state index contributed by atoms with van der Waals surface area (Å²) in [6, 6.07) is 10.3. The minimum atomic E-state index is -1.96. The first kappa shape index (κ1) is 12.0. The molecule has 1 atom stereocenters. The van der Waals surface area contributed by atoms with Crippen LogP contribution in [0.3, 0.4) is 0 Å². The van der Waals surface area contributed by atoms with E-state index in [2.05, 4.69) is 12.1 Å². The second kappa shape index (κ2) is 5.23. The van der Waals surface area contributed by atoms with Gasteiger partial charge < -0.3 is 8.85 Å². The van der Waals surface area contributed by atoms with Gasteiger partial charge in [0, 0.05) is 15.5 Å². The first-order valence-corrected chi connectivity index (χ1v) is 18.6. The first-order chi connectivity index (χ1) is 7.73. The fourth-order valence-corrected chi connectivity index (χ4v) is 47.9. The molecule has 1 aliphatic rings. The molecule has 0 amide bonds. The molecule has 0 aromatic heterocycles. The third-order valence-electron chi connectivity index (χ3n) is 2.84. The van der Waals surface area contributed by atoms with Crippen LogP contribution in [0, 0.1) is 0 Å². The highest BCUT2D eigenvalue weighted by Gasteiger charge is 2.42. The minimum absolute atomic E-state index is 0.0576. The topological polar surface area (TPSA) is 35.5 Å². The first-order valence-electron chi connectivity index (χ1n) is 5.56. The van der Waals surface area contributed by atoms with Crippen molar-refractivity contribution >= 4 is 45.4 Å². The summed E-state index contributed by atoms with van der Waals surface area (Å²) in [7, 11) is -2.21. The van der Waals surface area contributed by atoms with Crippen molar-refractivity contribution in [3.05, 3.63) is 30.3 Å². The van der Waals surface area contributed by atoms with Crippen molar-refractivity contribution in [3.63, 3.8) is 0 Å². The van der Waals surface area contributed by atoms with Gasteiger partial charge in [-0.25, -0.2) is 0 Å². The van der Waals surface area contributed by atoms with Crippen molar-refractivity contribution < 1.29 is 13.6 Å². The number of hydrogen-bond donors (Lipinski definition) is 0. The zero-order chi connectivity index (χ0) is 11.4. The van der Waals surface area contributed by atoms with Crippen molar-refractivity contribution in [2.45, 2.75) is 6.92 Å². The summed E-state index contributed by atoms with van der Waals surface area (Å²) in [6.07, 6.45) is 0.752. The quantitative estimate of drug-likeness (QED) is 0.574. The molecule has 3 nitrogen and oxygen atoms in total. The predicted molar refractivity (Wildman–Crippen MR) is 75.2 cm³/mol. The largest absolute Gasteiger partial charge is 0.516 e. The van der Waals surface area contributed by atoms with E-state index < -0.39 is 7.83 Å². The predicted octanol–water partition coefficient (Wildman–Crippen LogP) is -2.28. The summed E-state index contributed by atoms with van der Waals surface area (Å²) < 4.78 is 11.5. The molecule has 86 valence electrons. The Hall–Kier alpha value is -0.482. The van der Waals surface area contributed by atoms with E-state index in [-0.39, 0.29) is 32.4 Å². The molecule has 7 heteroatoms. The van der Waals surface area contributed by atoms with Gasteiger partial charge in [-0.05, 0) is 5.19 Å². The average Bonchev–Trinajstić information content (AvgIpc) is 2.30. The van der Waals surface area contributed by atoms with E-state index >= 15 is 0 Å². The third-order valence-corrected chi connectivity index (χ3v) is 38.0. The minimum Gasteiger partial charge on any atom is -0.516 e. The summed E-state index contributed by atoms with van der Waals surface area (Å²) in [4.78, 5) is 11.3. The van der Waals surface area contributed by atoms with Crippen molar-refractivity contribution in [3.8, 4) is 0 Å². The van der Waals surface area contributed by atoms with E-state index in [0.29, 0.717) is 0 Å². The molecular formula is C9H16O3Si4. The van der Waals surface area contributed by atoms with Crippen molar-refractivity contribution in [2.24, 2.45) is 0 Å². The fraction of sp³-hybridized carbons (Fsp3) is 0.222. The molecule has 1 fully saturated rings. The Labute approximate surface area is 103 Å². The molecular weight excluding hydrogens is 268 g/mol. The van der Waals surface area contributed by atoms with Gasteiger partial charge in [-0.15, -0.1) is 0 Å². The molecule has 1 aromatic rings. The Morgan fingerprint density at radius 1 is 1.44 bits per heavy atom. The number of hydrogen-bond acceptors (Lipinski definition) is 3. The van der Waals surface area contributed by atoms with E-state index in [1.807, 2.05) is 18.2 Å². The molecule has 1 aliphatic heterocycles. The van der Waals surface area contributed by atoms with Crippen LogP contribution in [0.25, 0.3) is 0 Å². The summed E-state index contributed by atoms with van der Waals surface area (Å²) in [5.74, 6) is -0.121. The lowest BCUT2D eigenvalue weighted by atomic mass is 10.4. The van der Waals surface area contributed by atoms with E-state index in [0.717, 1.165) is 6.23 Å². The van der Waals surface area contributed by atoms with E-state index in [4.69, 9.17) is 8.85 Å². The van der Waals surface area contributed by atoms with Gasteiger partial charge in [0.25, 0.3) is 13.8 Å². The van der Waals surface area contributed by atoms with Gasteiger partial charge >= 0.3 is 0 Å². The maximum absolute atomic E-state index is 11.3. The Morgan fingerprint density at radius 3 is 2.75 bits per heavy atom. The SMILES string of the molecule is CC(=O)O[Si]1(c2ccccc2)CO[SiH2][SiH2][SiH2]1. The standard InChI is InChI=1S/C9H16O3Si4/c1-8(10)12-16(7-11-13-14-15-16)9-5-3-2-4-6-9/h2-6H,7,13-15H2,1H3. The highest BCUT2D eigenvalue weighted by molar-refractivity contribution is 7.55. The number of benzene rings is 1. The van der Waals surface area contributed by atoms with Crippen LogP contribution < -0.4 is 5.19 Å². The van der Waals surface area contributed by atoms with Crippen LogP contribution in [-0.4, -0.2) is 46.4 Å². The van der Waals surface area contributed by atoms with Gasteiger partial charge in [0.05, 0.1) is 14.8 Å². The van der Waals surface area contributed by atoms with Gasteiger partial charge in [0.15, 0.2) is 0 Å². The van der Waals surface area contributed by atoms with Crippen LogP contribution in [0.5, 0.6) is 0 Å². The van der Waals surface area contributed by atoms with Gasteiger partial charge in [0.1, 0.15) is 9.28 Å². The molecule has 0 radical (unpaired) electrons. The normalized spacial score (nSPS) is 29.6. The molecule has 1 heterocycles. The van der Waals surface area contributed by atoms with Crippen LogP contribution in [0.15, 0.2) is 30.3 Å². The lowest BCUT2D eigenvalue weighted by Crippen LogP contribution is -2.66. The lowest BCUT2D eigenvalue weighted by molar-refractivity contribution is -0.132. The zero-order valence-electron chi connectivity index (χ0n) is 9.44. The summed E-state index contributed by atoms with van der Waals surface area (Å²) in [5, 5.41) is 1.28. The molecule has 0 spiro atoms. The smallest absolute Gasteiger partial charge is 0.289 e. The Kier molecular flexibility index (Phi) is 3.92. The molecule has 0 aliphatic carbocycles. The van der Waals surface area contributed by atoms with Crippen molar-refractivity contribution in [2.75, 3.05) is 6.23 Å². The van der Waals surface area contributed by atoms with Gasteiger partial charge in [-0.3, -0.25) is 4.79 Å². The maximum Gasteiger partial charge on any atom is 0.289 e. The molecule has 0 N–H and O–H groups in total. The number of carbonyl (C=O) groups excluding carboxylic acids is 1. The number of carbonyl (C=O) groups is 1. The third kappa shape index (κ3) is 2.60. The van der Waals surface area contributed by atoms with Crippen LogP contribution in [0.2, 0.25) is 0 Å². The molecule has 1 saturated heterocycles. The molecule has 1 aromatic carbocycles. The van der Waals surface area contributed by atoms with Gasteiger partial charge in [-0.2, -0.15) is 0 Å². The van der Waals surface area contributed by atoms with Crippen LogP contribution in [-0.2, 0) is 13.6 Å². The maximum atomic E-state index is 11.3. The summed E-state index contributed by atoms with van der Waals surface area (Å²) in [6.45, 7) is 1.53. The molecule has 16 heavy (non-hydrogen) atoms. The van der Waals surface area contributed by atoms with E-state index in [9.17, 15) is 4.79 Å². The monoisotopic (exact) mass is 284 g/mol. The molecule has 1 unspecified atom stereocenters. The number of rotatable bonds is 2. The summed E-state index contributed by atoms with van der Waals surface area (Å²) in [5.41, 5.74) is 0. The van der Waals surface area contributed by atoms with Gasteiger partial charge in [-0.1, -0.05) is 30.3 Å². The molecule has 2 rings (SSSR count). The zero-order valence-corrected chi connectivity index (χ0v) is 14.7.